The second-order valence-corrected chi connectivity index (χ2v) is 3.46. The first-order valence-corrected chi connectivity index (χ1v) is 3.80. The van der Waals surface area contributed by atoms with E-state index in [9.17, 15) is 9.59 Å². The third kappa shape index (κ3) is 2.90. The van der Waals surface area contributed by atoms with Gasteiger partial charge in [0.25, 0.3) is 0 Å². The van der Waals surface area contributed by atoms with Crippen molar-refractivity contribution < 1.29 is 14.7 Å². The van der Waals surface area contributed by atoms with Crippen LogP contribution in [0.2, 0.25) is 0 Å². The first-order chi connectivity index (χ1) is 5.42. The van der Waals surface area contributed by atoms with E-state index >= 15 is 0 Å². The van der Waals surface area contributed by atoms with Crippen molar-refractivity contribution in [3.05, 3.63) is 0 Å². The van der Waals surface area contributed by atoms with Crippen LogP contribution in [0.25, 0.3) is 0 Å². The van der Waals surface area contributed by atoms with Gasteiger partial charge in [-0.25, -0.2) is 4.79 Å². The van der Waals surface area contributed by atoms with Gasteiger partial charge in [0, 0.05) is 0 Å². The molecule has 2 N–H and O–H groups in total. The van der Waals surface area contributed by atoms with Crippen LogP contribution in [-0.2, 0) is 9.59 Å². The van der Waals surface area contributed by atoms with Crippen LogP contribution in [0.3, 0.4) is 0 Å². The Kier molecular flexibility index (Phi) is 3.73. The van der Waals surface area contributed by atoms with Crippen LogP contribution in [0, 0.1) is 5.92 Å². The molecule has 0 heterocycles. The average molecular weight is 172 g/mol. The number of rotatable bonds is 5. The summed E-state index contributed by atoms with van der Waals surface area (Å²) in [5.74, 6) is -0.813. The van der Waals surface area contributed by atoms with Gasteiger partial charge in [0.1, 0.15) is 5.54 Å². The summed E-state index contributed by atoms with van der Waals surface area (Å²) in [4.78, 5) is 20.7. The molecule has 0 spiro atoms. The summed E-state index contributed by atoms with van der Waals surface area (Å²) in [5.41, 5.74) is -1.18. The van der Waals surface area contributed by atoms with Gasteiger partial charge in [0.05, 0.1) is 0 Å². The highest BCUT2D eigenvalue weighted by Crippen LogP contribution is 2.15. The van der Waals surface area contributed by atoms with E-state index in [0.29, 0.717) is 6.42 Å². The predicted octanol–water partition coefficient (Wildman–Crippen LogP) is 0.533. The molecule has 1 unspecified atom stereocenters. The van der Waals surface area contributed by atoms with E-state index in [1.54, 1.807) is 0 Å². The summed E-state index contributed by atoms with van der Waals surface area (Å²) in [7, 11) is 0. The zero-order chi connectivity index (χ0) is 9.78. The highest BCUT2D eigenvalue weighted by atomic mass is 16.4. The monoisotopic (exact) mass is 172 g/mol. The van der Waals surface area contributed by atoms with E-state index in [-0.39, 0.29) is 5.92 Å². The molecule has 1 amide bonds. The van der Waals surface area contributed by atoms with Crippen molar-refractivity contribution >= 4 is 12.4 Å². The van der Waals surface area contributed by atoms with Gasteiger partial charge in [0.2, 0.25) is 0 Å². The fourth-order valence-corrected chi connectivity index (χ4v) is 1.12. The Balaban J connectivity index is 4.38. The Hall–Kier alpha value is -1.06. The van der Waals surface area contributed by atoms with Crippen LogP contribution in [0.5, 0.6) is 0 Å². The summed E-state index contributed by atoms with van der Waals surface area (Å²) >= 11 is 0. The summed E-state index contributed by atoms with van der Waals surface area (Å²) in [5, 5.41) is 11.0. The molecular formula is C8H14NO3. The van der Waals surface area contributed by atoms with Gasteiger partial charge in [-0.1, -0.05) is 13.8 Å². The van der Waals surface area contributed by atoms with Gasteiger partial charge in [-0.3, -0.25) is 4.79 Å². The number of aliphatic carboxylic acids is 1. The Morgan fingerprint density at radius 2 is 2.17 bits per heavy atom. The smallest absolute Gasteiger partial charge is 0.329 e. The largest absolute Gasteiger partial charge is 0.480 e. The van der Waals surface area contributed by atoms with Crippen molar-refractivity contribution in [1.82, 2.24) is 5.32 Å². The van der Waals surface area contributed by atoms with Gasteiger partial charge in [-0.05, 0) is 19.3 Å². The van der Waals surface area contributed by atoms with E-state index < -0.39 is 11.5 Å². The first kappa shape index (κ1) is 10.9. The fraction of sp³-hybridized carbons (Fsp3) is 0.750. The summed E-state index contributed by atoms with van der Waals surface area (Å²) < 4.78 is 0. The number of nitrogens with one attached hydrogen (secondary N) is 1. The van der Waals surface area contributed by atoms with Crippen molar-refractivity contribution in [2.24, 2.45) is 5.92 Å². The standard InChI is InChI=1S/C8H14NO3/c1-6(2)4-8(3,7(11)12)9-5-10/h6H,4H2,1-3H3,(H,9,10)(H,11,12). The molecule has 0 aliphatic heterocycles. The van der Waals surface area contributed by atoms with Gasteiger partial charge < -0.3 is 10.4 Å². The van der Waals surface area contributed by atoms with Crippen molar-refractivity contribution in [1.29, 1.82) is 0 Å². The third-order valence-corrected chi connectivity index (χ3v) is 1.62. The van der Waals surface area contributed by atoms with Crippen LogP contribution in [0.4, 0.5) is 0 Å². The minimum Gasteiger partial charge on any atom is -0.480 e. The number of carboxylic acid groups (broad SMARTS) is 1. The molecule has 0 aliphatic carbocycles. The van der Waals surface area contributed by atoms with Crippen LogP contribution >= 0.6 is 0 Å². The normalized spacial score (nSPS) is 15.3. The molecular weight excluding hydrogens is 158 g/mol. The van der Waals surface area contributed by atoms with Crippen LogP contribution in [0.15, 0.2) is 0 Å². The maximum Gasteiger partial charge on any atom is 0.329 e. The number of carbonyl (C=O) groups is 1. The molecule has 69 valence electrons. The van der Waals surface area contributed by atoms with E-state index in [0.717, 1.165) is 0 Å². The molecule has 4 heteroatoms. The zero-order valence-electron chi connectivity index (χ0n) is 7.55. The second kappa shape index (κ2) is 4.09. The van der Waals surface area contributed by atoms with Crippen LogP contribution < -0.4 is 5.32 Å². The van der Waals surface area contributed by atoms with Crippen molar-refractivity contribution in [2.75, 3.05) is 0 Å². The molecule has 0 aliphatic rings. The predicted molar refractivity (Wildman–Crippen MR) is 44.3 cm³/mol. The first-order valence-electron chi connectivity index (χ1n) is 3.80. The van der Waals surface area contributed by atoms with E-state index in [2.05, 4.69) is 5.32 Å². The second-order valence-electron chi connectivity index (χ2n) is 3.46. The number of hydrogen-bond acceptors (Lipinski definition) is 2. The SMILES string of the molecule is CC(C)CC(C)(N[C]=O)C(=O)O. The lowest BCUT2D eigenvalue weighted by atomic mass is 9.91. The lowest BCUT2D eigenvalue weighted by Gasteiger charge is -2.25. The molecule has 0 bridgehead atoms. The fourth-order valence-electron chi connectivity index (χ4n) is 1.12. The molecule has 0 aromatic heterocycles. The Morgan fingerprint density at radius 3 is 2.42 bits per heavy atom. The minimum atomic E-state index is -1.18. The van der Waals surface area contributed by atoms with Crippen molar-refractivity contribution in [2.45, 2.75) is 32.7 Å². The average Bonchev–Trinajstić information content (AvgIpc) is 1.85. The van der Waals surface area contributed by atoms with Gasteiger partial charge in [-0.15, -0.1) is 0 Å². The zero-order valence-corrected chi connectivity index (χ0v) is 7.55. The molecule has 1 atom stereocenters. The topological polar surface area (TPSA) is 66.4 Å². The molecule has 1 radical (unpaired) electrons. The highest BCUT2D eigenvalue weighted by molar-refractivity contribution is 5.80. The summed E-state index contributed by atoms with van der Waals surface area (Å²) in [6.07, 6.45) is 1.81. The Morgan fingerprint density at radius 1 is 1.67 bits per heavy atom. The number of carbonyl (C=O) groups excluding carboxylic acids is 1. The summed E-state index contributed by atoms with van der Waals surface area (Å²) in [6.45, 7) is 5.27. The molecule has 0 aromatic rings. The molecule has 0 saturated heterocycles. The summed E-state index contributed by atoms with van der Waals surface area (Å²) in [6, 6.07) is 0. The molecule has 12 heavy (non-hydrogen) atoms. The molecule has 4 nitrogen and oxygen atoms in total. The number of amides is 1. The molecule has 0 rings (SSSR count). The molecule has 0 saturated carbocycles. The van der Waals surface area contributed by atoms with Crippen molar-refractivity contribution in [3.8, 4) is 0 Å². The maximum absolute atomic E-state index is 10.7. The van der Waals surface area contributed by atoms with Crippen molar-refractivity contribution in [3.63, 3.8) is 0 Å². The Bertz CT molecular complexity index is 179. The minimum absolute atomic E-state index is 0.215. The maximum atomic E-state index is 10.7. The molecule has 0 aromatic carbocycles. The number of hydrogen-bond donors (Lipinski definition) is 2. The van der Waals surface area contributed by atoms with Gasteiger partial charge >= 0.3 is 12.4 Å². The van der Waals surface area contributed by atoms with E-state index in [4.69, 9.17) is 5.11 Å². The lowest BCUT2D eigenvalue weighted by Crippen LogP contribution is -2.49. The molecule has 0 fully saturated rings. The Labute approximate surface area is 72.0 Å². The van der Waals surface area contributed by atoms with E-state index in [1.807, 2.05) is 13.8 Å². The van der Waals surface area contributed by atoms with E-state index in [1.165, 1.54) is 13.3 Å². The van der Waals surface area contributed by atoms with Crippen LogP contribution in [0.1, 0.15) is 27.2 Å². The van der Waals surface area contributed by atoms with Crippen LogP contribution in [-0.4, -0.2) is 23.0 Å². The van der Waals surface area contributed by atoms with Gasteiger partial charge in [0.15, 0.2) is 0 Å². The van der Waals surface area contributed by atoms with Gasteiger partial charge in [-0.2, -0.15) is 0 Å². The third-order valence-electron chi connectivity index (χ3n) is 1.62. The lowest BCUT2D eigenvalue weighted by molar-refractivity contribution is -0.144. The number of carboxylic acids is 1. The quantitative estimate of drug-likeness (QED) is 0.594. The highest BCUT2D eigenvalue weighted by Gasteiger charge is 2.33.